The lowest BCUT2D eigenvalue weighted by Gasteiger charge is -2.27. The zero-order valence-corrected chi connectivity index (χ0v) is 10.5. The van der Waals surface area contributed by atoms with Crippen LogP contribution in [0.1, 0.15) is 45.5 Å². The molecular weight excluding hydrogens is 200 g/mol. The molecule has 0 aromatic carbocycles. The number of rotatable bonds is 3. The lowest BCUT2D eigenvalue weighted by atomic mass is 9.94. The molecule has 0 saturated carbocycles. The SMILES string of the molecule is CC(C)Cn1cnnc1C1CC(C)CCN1. The summed E-state index contributed by atoms with van der Waals surface area (Å²) in [5.41, 5.74) is 0. The Labute approximate surface area is 97.5 Å². The molecule has 4 heteroatoms. The molecule has 0 radical (unpaired) electrons. The average molecular weight is 222 g/mol. The third-order valence-corrected chi connectivity index (χ3v) is 3.18. The molecule has 2 rings (SSSR count). The molecule has 4 nitrogen and oxygen atoms in total. The molecule has 0 aliphatic carbocycles. The number of nitrogens with zero attached hydrogens (tertiary/aromatic N) is 3. The summed E-state index contributed by atoms with van der Waals surface area (Å²) < 4.78 is 2.19. The summed E-state index contributed by atoms with van der Waals surface area (Å²) in [7, 11) is 0. The van der Waals surface area contributed by atoms with Gasteiger partial charge in [-0.2, -0.15) is 0 Å². The molecule has 16 heavy (non-hydrogen) atoms. The fourth-order valence-corrected chi connectivity index (χ4v) is 2.37. The van der Waals surface area contributed by atoms with E-state index in [9.17, 15) is 0 Å². The molecule has 1 fully saturated rings. The minimum absolute atomic E-state index is 0.394. The van der Waals surface area contributed by atoms with Crippen LogP contribution in [0, 0.1) is 11.8 Å². The molecule has 0 amide bonds. The Hall–Kier alpha value is -0.900. The number of piperidine rings is 1. The van der Waals surface area contributed by atoms with Crippen molar-refractivity contribution in [2.75, 3.05) is 6.54 Å². The van der Waals surface area contributed by atoms with Gasteiger partial charge in [0.25, 0.3) is 0 Å². The zero-order valence-electron chi connectivity index (χ0n) is 10.5. The lowest BCUT2D eigenvalue weighted by Crippen LogP contribution is -2.33. The van der Waals surface area contributed by atoms with Gasteiger partial charge in [-0.15, -0.1) is 10.2 Å². The predicted octanol–water partition coefficient (Wildman–Crippen LogP) is 1.99. The molecule has 2 heterocycles. The van der Waals surface area contributed by atoms with Crippen LogP contribution in [0.5, 0.6) is 0 Å². The Morgan fingerprint density at radius 2 is 2.38 bits per heavy atom. The van der Waals surface area contributed by atoms with Gasteiger partial charge in [-0.05, 0) is 31.2 Å². The highest BCUT2D eigenvalue weighted by Crippen LogP contribution is 2.25. The highest BCUT2D eigenvalue weighted by Gasteiger charge is 2.23. The molecule has 1 aromatic rings. The third kappa shape index (κ3) is 2.61. The van der Waals surface area contributed by atoms with Gasteiger partial charge >= 0.3 is 0 Å². The number of hydrogen-bond acceptors (Lipinski definition) is 3. The van der Waals surface area contributed by atoms with E-state index in [0.717, 1.165) is 24.8 Å². The largest absolute Gasteiger partial charge is 0.316 e. The van der Waals surface area contributed by atoms with E-state index >= 15 is 0 Å². The summed E-state index contributed by atoms with van der Waals surface area (Å²) in [6, 6.07) is 0.394. The quantitative estimate of drug-likeness (QED) is 0.850. The van der Waals surface area contributed by atoms with Gasteiger partial charge in [-0.25, -0.2) is 0 Å². The monoisotopic (exact) mass is 222 g/mol. The molecule has 0 bridgehead atoms. The molecule has 2 unspecified atom stereocenters. The van der Waals surface area contributed by atoms with Gasteiger partial charge in [-0.3, -0.25) is 0 Å². The molecule has 1 N–H and O–H groups in total. The maximum Gasteiger partial charge on any atom is 0.150 e. The number of aromatic nitrogens is 3. The van der Waals surface area contributed by atoms with Crippen LogP contribution in [0.4, 0.5) is 0 Å². The summed E-state index contributed by atoms with van der Waals surface area (Å²) in [5, 5.41) is 11.9. The predicted molar refractivity (Wildman–Crippen MR) is 64.0 cm³/mol. The van der Waals surface area contributed by atoms with Crippen molar-refractivity contribution in [3.8, 4) is 0 Å². The molecule has 0 spiro atoms. The van der Waals surface area contributed by atoms with Crippen LogP contribution in [-0.2, 0) is 6.54 Å². The zero-order chi connectivity index (χ0) is 11.5. The first-order chi connectivity index (χ1) is 7.66. The van der Waals surface area contributed by atoms with Crippen LogP contribution in [0.2, 0.25) is 0 Å². The van der Waals surface area contributed by atoms with Crippen molar-refractivity contribution in [2.45, 2.75) is 46.2 Å². The van der Waals surface area contributed by atoms with Crippen molar-refractivity contribution < 1.29 is 0 Å². The van der Waals surface area contributed by atoms with Gasteiger partial charge in [0, 0.05) is 6.54 Å². The summed E-state index contributed by atoms with van der Waals surface area (Å²) >= 11 is 0. The highest BCUT2D eigenvalue weighted by molar-refractivity contribution is 4.97. The third-order valence-electron chi connectivity index (χ3n) is 3.18. The van der Waals surface area contributed by atoms with Crippen LogP contribution in [0.3, 0.4) is 0 Å². The minimum Gasteiger partial charge on any atom is -0.316 e. The lowest BCUT2D eigenvalue weighted by molar-refractivity contribution is 0.306. The molecule has 2 atom stereocenters. The molecule has 1 aliphatic heterocycles. The molecule has 1 saturated heterocycles. The van der Waals surface area contributed by atoms with E-state index in [1.165, 1.54) is 12.8 Å². The second kappa shape index (κ2) is 4.95. The number of nitrogens with one attached hydrogen (secondary N) is 1. The topological polar surface area (TPSA) is 42.7 Å². The van der Waals surface area contributed by atoms with Crippen molar-refractivity contribution in [3.05, 3.63) is 12.2 Å². The van der Waals surface area contributed by atoms with Crippen molar-refractivity contribution in [1.29, 1.82) is 0 Å². The van der Waals surface area contributed by atoms with Gasteiger partial charge in [0.05, 0.1) is 6.04 Å². The van der Waals surface area contributed by atoms with Crippen molar-refractivity contribution in [2.24, 2.45) is 11.8 Å². The first-order valence-electron chi connectivity index (χ1n) is 6.28. The summed E-state index contributed by atoms with van der Waals surface area (Å²) in [6.07, 6.45) is 4.31. The summed E-state index contributed by atoms with van der Waals surface area (Å²) in [6.45, 7) is 8.87. The Kier molecular flexibility index (Phi) is 3.59. The van der Waals surface area contributed by atoms with Gasteiger partial charge < -0.3 is 9.88 Å². The van der Waals surface area contributed by atoms with Crippen LogP contribution in [-0.4, -0.2) is 21.3 Å². The molecule has 1 aliphatic rings. The molecular formula is C12H22N4. The minimum atomic E-state index is 0.394. The van der Waals surface area contributed by atoms with Crippen LogP contribution in [0.25, 0.3) is 0 Å². The van der Waals surface area contributed by atoms with E-state index in [2.05, 4.69) is 40.9 Å². The van der Waals surface area contributed by atoms with E-state index in [-0.39, 0.29) is 0 Å². The standard InChI is InChI=1S/C12H22N4/c1-9(2)7-16-8-14-15-12(16)11-6-10(3)4-5-13-11/h8-11,13H,4-7H2,1-3H3. The van der Waals surface area contributed by atoms with Gasteiger partial charge in [-0.1, -0.05) is 20.8 Å². The van der Waals surface area contributed by atoms with Crippen LogP contribution < -0.4 is 5.32 Å². The molecule has 1 aromatic heterocycles. The van der Waals surface area contributed by atoms with E-state index < -0.39 is 0 Å². The Morgan fingerprint density at radius 1 is 1.56 bits per heavy atom. The van der Waals surface area contributed by atoms with Crippen molar-refractivity contribution in [3.63, 3.8) is 0 Å². The molecule has 90 valence electrons. The van der Waals surface area contributed by atoms with Gasteiger partial charge in [0.1, 0.15) is 12.2 Å². The van der Waals surface area contributed by atoms with Crippen molar-refractivity contribution >= 4 is 0 Å². The second-order valence-electron chi connectivity index (χ2n) is 5.37. The van der Waals surface area contributed by atoms with Crippen molar-refractivity contribution in [1.82, 2.24) is 20.1 Å². The smallest absolute Gasteiger partial charge is 0.150 e. The normalized spacial score (nSPS) is 26.2. The number of hydrogen-bond donors (Lipinski definition) is 1. The first kappa shape index (κ1) is 11.6. The van der Waals surface area contributed by atoms with Gasteiger partial charge in [0.15, 0.2) is 0 Å². The van der Waals surface area contributed by atoms with Crippen LogP contribution >= 0.6 is 0 Å². The average Bonchev–Trinajstić information content (AvgIpc) is 2.65. The Balaban J connectivity index is 2.10. The van der Waals surface area contributed by atoms with E-state index in [1.807, 2.05) is 6.33 Å². The Bertz CT molecular complexity index is 332. The van der Waals surface area contributed by atoms with E-state index in [1.54, 1.807) is 0 Å². The second-order valence-corrected chi connectivity index (χ2v) is 5.37. The summed E-state index contributed by atoms with van der Waals surface area (Å²) in [5.74, 6) is 2.53. The Morgan fingerprint density at radius 3 is 3.06 bits per heavy atom. The maximum absolute atomic E-state index is 4.28. The highest BCUT2D eigenvalue weighted by atomic mass is 15.3. The van der Waals surface area contributed by atoms with Gasteiger partial charge in [0.2, 0.25) is 0 Å². The fraction of sp³-hybridized carbons (Fsp3) is 0.833. The van der Waals surface area contributed by atoms with E-state index in [0.29, 0.717) is 12.0 Å². The first-order valence-corrected chi connectivity index (χ1v) is 6.28. The summed E-state index contributed by atoms with van der Waals surface area (Å²) in [4.78, 5) is 0. The maximum atomic E-state index is 4.28. The van der Waals surface area contributed by atoms with E-state index in [4.69, 9.17) is 0 Å². The van der Waals surface area contributed by atoms with Crippen LogP contribution in [0.15, 0.2) is 6.33 Å². The fourth-order valence-electron chi connectivity index (χ4n) is 2.37.